The van der Waals surface area contributed by atoms with Gasteiger partial charge in [-0.3, -0.25) is 9.69 Å². The van der Waals surface area contributed by atoms with Crippen molar-refractivity contribution in [3.63, 3.8) is 0 Å². The maximum Gasteiger partial charge on any atom is 0.267 e. The summed E-state index contributed by atoms with van der Waals surface area (Å²) in [6, 6.07) is 11.6. The number of nitrogens with zero attached hydrogens (tertiary/aromatic N) is 6. The summed E-state index contributed by atoms with van der Waals surface area (Å²) >= 11 is 0. The summed E-state index contributed by atoms with van der Waals surface area (Å²) in [6.07, 6.45) is 2.65. The first-order valence-corrected chi connectivity index (χ1v) is 8.52. The van der Waals surface area contributed by atoms with Crippen molar-refractivity contribution in [3.05, 3.63) is 69.9 Å². The van der Waals surface area contributed by atoms with Crippen molar-refractivity contribution < 1.29 is 0 Å². The van der Waals surface area contributed by atoms with Gasteiger partial charge in [0.15, 0.2) is 0 Å². The van der Waals surface area contributed by atoms with E-state index in [1.807, 2.05) is 37.3 Å². The van der Waals surface area contributed by atoms with Crippen LogP contribution in [0, 0.1) is 0 Å². The molecule has 0 atom stereocenters. The number of benzene rings is 1. The number of aryl methyl sites for hydroxylation is 1. The van der Waals surface area contributed by atoms with Crippen LogP contribution in [0.1, 0.15) is 23.9 Å². The van der Waals surface area contributed by atoms with Gasteiger partial charge in [0, 0.05) is 38.7 Å². The van der Waals surface area contributed by atoms with Crippen molar-refractivity contribution in [1.82, 2.24) is 29.7 Å². The van der Waals surface area contributed by atoms with Crippen LogP contribution in [-0.2, 0) is 26.1 Å². The summed E-state index contributed by atoms with van der Waals surface area (Å²) in [4.78, 5) is 15.9. The molecule has 1 aromatic carbocycles. The van der Waals surface area contributed by atoms with E-state index >= 15 is 0 Å². The van der Waals surface area contributed by atoms with Gasteiger partial charge >= 0.3 is 0 Å². The van der Waals surface area contributed by atoms with E-state index in [0.717, 1.165) is 42.1 Å². The fraction of sp³-hybridized carbons (Fsp3) is 0.333. The number of fused-ring (bicyclic) bond motifs is 1. The van der Waals surface area contributed by atoms with Crippen molar-refractivity contribution in [3.8, 4) is 5.69 Å². The van der Waals surface area contributed by atoms with Gasteiger partial charge in [-0.05, 0) is 24.6 Å². The van der Waals surface area contributed by atoms with E-state index in [0.29, 0.717) is 13.1 Å². The molecule has 0 fully saturated rings. The van der Waals surface area contributed by atoms with E-state index in [1.165, 1.54) is 4.68 Å². The summed E-state index contributed by atoms with van der Waals surface area (Å²) in [7, 11) is 0. The third-order valence-electron chi connectivity index (χ3n) is 4.43. The fourth-order valence-electron chi connectivity index (χ4n) is 3.14. The smallest absolute Gasteiger partial charge is 0.267 e. The molecule has 0 spiro atoms. The van der Waals surface area contributed by atoms with Crippen molar-refractivity contribution >= 4 is 0 Å². The number of hydrogen-bond donors (Lipinski definition) is 0. The molecule has 0 amide bonds. The summed E-state index contributed by atoms with van der Waals surface area (Å²) in [6.45, 7) is 4.88. The summed E-state index contributed by atoms with van der Waals surface area (Å²) in [5.74, 6) is 0. The second kappa shape index (κ2) is 6.60. The topological polar surface area (TPSA) is 68.8 Å². The Kier molecular flexibility index (Phi) is 4.15. The molecule has 0 bridgehead atoms. The molecule has 0 saturated carbocycles. The molecular formula is C18H20N6O. The highest BCUT2D eigenvalue weighted by Gasteiger charge is 2.20. The van der Waals surface area contributed by atoms with Gasteiger partial charge in [0.25, 0.3) is 5.56 Å². The predicted molar refractivity (Wildman–Crippen MR) is 93.3 cm³/mol. The SMILES string of the molecule is CCn1nc2c(cc1=O)CN(Cc1cnn(-c3ccccc3)n1)CC2. The van der Waals surface area contributed by atoms with Gasteiger partial charge in [0.2, 0.25) is 0 Å². The van der Waals surface area contributed by atoms with E-state index < -0.39 is 0 Å². The Hall–Kier alpha value is -2.80. The molecule has 1 aliphatic heterocycles. The largest absolute Gasteiger partial charge is 0.293 e. The molecule has 25 heavy (non-hydrogen) atoms. The zero-order valence-corrected chi connectivity index (χ0v) is 14.2. The maximum absolute atomic E-state index is 12.0. The molecule has 3 heterocycles. The van der Waals surface area contributed by atoms with Crippen LogP contribution in [0.4, 0.5) is 0 Å². The molecule has 2 aromatic heterocycles. The van der Waals surface area contributed by atoms with E-state index in [2.05, 4.69) is 20.2 Å². The third-order valence-corrected chi connectivity index (χ3v) is 4.43. The Bertz CT molecular complexity index is 930. The molecule has 0 unspecified atom stereocenters. The lowest BCUT2D eigenvalue weighted by Crippen LogP contribution is -2.34. The Morgan fingerprint density at radius 3 is 2.80 bits per heavy atom. The highest BCUT2D eigenvalue weighted by Crippen LogP contribution is 2.17. The van der Waals surface area contributed by atoms with Crippen LogP contribution >= 0.6 is 0 Å². The average Bonchev–Trinajstić information content (AvgIpc) is 3.10. The molecule has 128 valence electrons. The van der Waals surface area contributed by atoms with Crippen LogP contribution in [-0.4, -0.2) is 36.2 Å². The first kappa shape index (κ1) is 15.7. The van der Waals surface area contributed by atoms with Gasteiger partial charge in [-0.25, -0.2) is 4.68 Å². The van der Waals surface area contributed by atoms with Crippen LogP contribution in [0.2, 0.25) is 0 Å². The average molecular weight is 336 g/mol. The molecule has 0 saturated heterocycles. The van der Waals surface area contributed by atoms with Gasteiger partial charge in [-0.15, -0.1) is 0 Å². The third kappa shape index (κ3) is 3.23. The highest BCUT2D eigenvalue weighted by molar-refractivity contribution is 5.28. The van der Waals surface area contributed by atoms with Gasteiger partial charge in [-0.2, -0.15) is 20.1 Å². The molecule has 4 rings (SSSR count). The fourth-order valence-corrected chi connectivity index (χ4v) is 3.14. The second-order valence-corrected chi connectivity index (χ2v) is 6.19. The van der Waals surface area contributed by atoms with Gasteiger partial charge < -0.3 is 0 Å². The van der Waals surface area contributed by atoms with Gasteiger partial charge in [-0.1, -0.05) is 18.2 Å². The molecule has 7 nitrogen and oxygen atoms in total. The van der Waals surface area contributed by atoms with Crippen molar-refractivity contribution in [1.29, 1.82) is 0 Å². The first-order valence-electron chi connectivity index (χ1n) is 8.52. The summed E-state index contributed by atoms with van der Waals surface area (Å²) in [5.41, 5.74) is 3.89. The molecule has 1 aliphatic rings. The van der Waals surface area contributed by atoms with Crippen LogP contribution in [0.5, 0.6) is 0 Å². The molecule has 0 radical (unpaired) electrons. The van der Waals surface area contributed by atoms with E-state index in [9.17, 15) is 4.79 Å². The van der Waals surface area contributed by atoms with Gasteiger partial charge in [0.05, 0.1) is 23.3 Å². The lowest BCUT2D eigenvalue weighted by atomic mass is 10.1. The van der Waals surface area contributed by atoms with E-state index in [1.54, 1.807) is 17.1 Å². The van der Waals surface area contributed by atoms with E-state index in [-0.39, 0.29) is 5.56 Å². The van der Waals surface area contributed by atoms with Crippen molar-refractivity contribution in [2.24, 2.45) is 0 Å². The summed E-state index contributed by atoms with van der Waals surface area (Å²) < 4.78 is 1.53. The Labute approximate surface area is 145 Å². The minimum absolute atomic E-state index is 0.0295. The minimum Gasteiger partial charge on any atom is -0.293 e. The standard InChI is InChI=1S/C18H20N6O/c1-2-23-18(25)10-14-12-22(9-8-17(14)21-23)13-15-11-19-24(20-15)16-6-4-3-5-7-16/h3-7,10-11H,2,8-9,12-13H2,1H3. The molecular weight excluding hydrogens is 316 g/mol. The normalized spacial score (nSPS) is 14.4. The minimum atomic E-state index is -0.0295. The lowest BCUT2D eigenvalue weighted by Gasteiger charge is -2.27. The monoisotopic (exact) mass is 336 g/mol. The molecule has 0 N–H and O–H groups in total. The molecule has 7 heteroatoms. The number of hydrogen-bond acceptors (Lipinski definition) is 5. The lowest BCUT2D eigenvalue weighted by molar-refractivity contribution is 0.238. The molecule has 3 aromatic rings. The van der Waals surface area contributed by atoms with Crippen LogP contribution in [0.15, 0.2) is 47.4 Å². The van der Waals surface area contributed by atoms with Crippen molar-refractivity contribution in [2.75, 3.05) is 6.54 Å². The Balaban J connectivity index is 1.49. The summed E-state index contributed by atoms with van der Waals surface area (Å²) in [5, 5.41) is 13.4. The van der Waals surface area contributed by atoms with Gasteiger partial charge in [0.1, 0.15) is 0 Å². The maximum atomic E-state index is 12.0. The number of para-hydroxylation sites is 1. The molecule has 0 aliphatic carbocycles. The Morgan fingerprint density at radius 1 is 1.16 bits per heavy atom. The zero-order valence-electron chi connectivity index (χ0n) is 14.2. The number of aromatic nitrogens is 5. The first-order chi connectivity index (χ1) is 12.2. The van der Waals surface area contributed by atoms with E-state index in [4.69, 9.17) is 0 Å². The zero-order chi connectivity index (χ0) is 17.2. The number of rotatable bonds is 4. The highest BCUT2D eigenvalue weighted by atomic mass is 16.1. The van der Waals surface area contributed by atoms with Crippen LogP contribution in [0.3, 0.4) is 0 Å². The van der Waals surface area contributed by atoms with Crippen LogP contribution in [0.25, 0.3) is 5.69 Å². The second-order valence-electron chi connectivity index (χ2n) is 6.19. The van der Waals surface area contributed by atoms with Crippen LogP contribution < -0.4 is 5.56 Å². The Morgan fingerprint density at radius 2 is 2.00 bits per heavy atom. The predicted octanol–water partition coefficient (Wildman–Crippen LogP) is 1.40. The quantitative estimate of drug-likeness (QED) is 0.720. The van der Waals surface area contributed by atoms with Crippen molar-refractivity contribution in [2.45, 2.75) is 33.0 Å².